The summed E-state index contributed by atoms with van der Waals surface area (Å²) in [6.07, 6.45) is -7.87. The molecule has 36 heavy (non-hydrogen) atoms. The highest BCUT2D eigenvalue weighted by Gasteiger charge is 2.33. The molecular formula is C20H16F6N4O4S2. The summed E-state index contributed by atoms with van der Waals surface area (Å²) in [5.74, 6) is -1.48. The summed E-state index contributed by atoms with van der Waals surface area (Å²) in [4.78, 5) is 21.6. The summed E-state index contributed by atoms with van der Waals surface area (Å²) in [7, 11) is -3.89. The Kier molecular flexibility index (Phi) is 7.50. The van der Waals surface area contributed by atoms with E-state index in [1.54, 1.807) is 4.72 Å². The third-order valence-corrected chi connectivity index (χ3v) is 5.91. The number of carbonyl (C=O) groups is 1. The van der Waals surface area contributed by atoms with Gasteiger partial charge in [-0.1, -0.05) is 12.1 Å². The fourth-order valence-electron chi connectivity index (χ4n) is 2.89. The van der Waals surface area contributed by atoms with Crippen LogP contribution < -0.4 is 14.4 Å². The normalized spacial score (nSPS) is 12.3. The smallest absolute Gasteiger partial charge is 0.406 e. The number of alkyl halides is 6. The summed E-state index contributed by atoms with van der Waals surface area (Å²) in [5.41, 5.74) is -0.829. The second-order valence-corrected chi connectivity index (χ2v) is 10.2. The average Bonchev–Trinajstić information content (AvgIpc) is 3.12. The van der Waals surface area contributed by atoms with Crippen molar-refractivity contribution in [2.45, 2.75) is 26.0 Å². The van der Waals surface area contributed by atoms with Gasteiger partial charge in [0.2, 0.25) is 10.0 Å². The molecule has 0 atom stereocenters. The number of hydrogen-bond donors (Lipinski definition) is 1. The van der Waals surface area contributed by atoms with Crippen LogP contribution in [0.4, 0.5) is 37.2 Å². The number of hydrogen-bond acceptors (Lipinski definition) is 8. The van der Waals surface area contributed by atoms with Crippen LogP contribution in [-0.4, -0.2) is 36.9 Å². The molecule has 2 heterocycles. The lowest BCUT2D eigenvalue weighted by Gasteiger charge is -2.22. The first-order valence-corrected chi connectivity index (χ1v) is 12.4. The maximum atomic E-state index is 13.0. The van der Waals surface area contributed by atoms with Crippen LogP contribution in [0.15, 0.2) is 42.6 Å². The van der Waals surface area contributed by atoms with Gasteiger partial charge in [0.1, 0.15) is 17.1 Å². The third-order valence-electron chi connectivity index (χ3n) is 4.36. The molecule has 1 N–H and O–H groups in total. The monoisotopic (exact) mass is 554 g/mol. The van der Waals surface area contributed by atoms with E-state index >= 15 is 0 Å². The van der Waals surface area contributed by atoms with Gasteiger partial charge in [0.25, 0.3) is 5.91 Å². The molecule has 0 aliphatic heterocycles. The Morgan fingerprint density at radius 1 is 1.08 bits per heavy atom. The molecule has 2 aromatic heterocycles. The van der Waals surface area contributed by atoms with Crippen molar-refractivity contribution in [3.63, 3.8) is 0 Å². The zero-order valence-corrected chi connectivity index (χ0v) is 19.9. The van der Waals surface area contributed by atoms with Gasteiger partial charge < -0.3 is 9.64 Å². The van der Waals surface area contributed by atoms with Crippen molar-refractivity contribution in [2.24, 2.45) is 0 Å². The van der Waals surface area contributed by atoms with Gasteiger partial charge in [-0.15, -0.1) is 24.5 Å². The quantitative estimate of drug-likeness (QED) is 0.419. The molecule has 0 spiro atoms. The van der Waals surface area contributed by atoms with Crippen LogP contribution in [0.2, 0.25) is 0 Å². The molecule has 8 nitrogen and oxygen atoms in total. The molecule has 0 bridgehead atoms. The standard InChI is InChI=1S/C20H16F6N4O4S2/c1-11-16(17(31)29-36(2,32)33)28-18(35-11)30(13-5-8-15(27-9-13)19(21,22)23)10-12-3-6-14(7-4-12)34-20(24,25)26/h3-9H,10H2,1-2H3,(H,29,31). The molecule has 1 aromatic carbocycles. The summed E-state index contributed by atoms with van der Waals surface area (Å²) in [6, 6.07) is 6.59. The van der Waals surface area contributed by atoms with Crippen LogP contribution in [0.3, 0.4) is 0 Å². The number of nitrogens with zero attached hydrogens (tertiary/aromatic N) is 3. The maximum Gasteiger partial charge on any atom is 0.573 e. The van der Waals surface area contributed by atoms with Gasteiger partial charge in [-0.2, -0.15) is 13.2 Å². The Morgan fingerprint density at radius 3 is 2.22 bits per heavy atom. The minimum Gasteiger partial charge on any atom is -0.406 e. The van der Waals surface area contributed by atoms with Gasteiger partial charge in [-0.25, -0.2) is 23.1 Å². The highest BCUT2D eigenvalue weighted by molar-refractivity contribution is 7.89. The molecule has 0 saturated carbocycles. The molecule has 3 rings (SSSR count). The van der Waals surface area contributed by atoms with Crippen molar-refractivity contribution in [3.8, 4) is 5.75 Å². The number of nitrogens with one attached hydrogen (secondary N) is 1. The van der Waals surface area contributed by atoms with Crippen LogP contribution in [0, 0.1) is 6.92 Å². The molecule has 0 aliphatic carbocycles. The van der Waals surface area contributed by atoms with Gasteiger partial charge in [0.05, 0.1) is 24.7 Å². The van der Waals surface area contributed by atoms with E-state index < -0.39 is 39.9 Å². The van der Waals surface area contributed by atoms with Crippen molar-refractivity contribution in [1.29, 1.82) is 0 Å². The lowest BCUT2D eigenvalue weighted by Crippen LogP contribution is -2.30. The van der Waals surface area contributed by atoms with E-state index in [-0.39, 0.29) is 23.1 Å². The van der Waals surface area contributed by atoms with Gasteiger partial charge in [-0.05, 0) is 36.8 Å². The molecule has 0 aliphatic rings. The second-order valence-electron chi connectivity index (χ2n) is 7.28. The first-order chi connectivity index (χ1) is 16.5. The molecule has 16 heteroatoms. The molecule has 1 amide bonds. The number of pyridine rings is 1. The molecule has 194 valence electrons. The fourth-order valence-corrected chi connectivity index (χ4v) is 4.25. The number of thiazole rings is 1. The van der Waals surface area contributed by atoms with Crippen LogP contribution in [0.1, 0.15) is 26.6 Å². The van der Waals surface area contributed by atoms with Crippen LogP contribution in [-0.2, 0) is 22.7 Å². The number of carbonyl (C=O) groups excluding carboxylic acids is 1. The van der Waals surface area contributed by atoms with E-state index in [2.05, 4.69) is 14.7 Å². The largest absolute Gasteiger partial charge is 0.573 e. The zero-order valence-electron chi connectivity index (χ0n) is 18.3. The summed E-state index contributed by atoms with van der Waals surface area (Å²) in [6.45, 7) is 1.39. The predicted molar refractivity (Wildman–Crippen MR) is 117 cm³/mol. The molecule has 0 fully saturated rings. The third kappa shape index (κ3) is 7.30. The van der Waals surface area contributed by atoms with Crippen molar-refractivity contribution in [2.75, 3.05) is 11.2 Å². The summed E-state index contributed by atoms with van der Waals surface area (Å²) in [5, 5.41) is 0.100. The highest BCUT2D eigenvalue weighted by atomic mass is 32.2. The van der Waals surface area contributed by atoms with E-state index in [1.165, 1.54) is 24.0 Å². The van der Waals surface area contributed by atoms with Crippen molar-refractivity contribution >= 4 is 38.1 Å². The minimum atomic E-state index is -4.89. The number of anilines is 2. The maximum absolute atomic E-state index is 13.0. The van der Waals surface area contributed by atoms with E-state index in [1.807, 2.05) is 0 Å². The van der Waals surface area contributed by atoms with Crippen LogP contribution in [0.25, 0.3) is 0 Å². The number of aromatic nitrogens is 2. The number of sulfonamides is 1. The zero-order chi connectivity index (χ0) is 26.9. The number of amides is 1. The van der Waals surface area contributed by atoms with E-state index in [0.29, 0.717) is 10.4 Å². The average molecular weight is 554 g/mol. The predicted octanol–water partition coefficient (Wildman–Crippen LogP) is 4.79. The second kappa shape index (κ2) is 9.93. The number of aryl methyl sites for hydroxylation is 1. The Labute approximate surface area is 204 Å². The van der Waals surface area contributed by atoms with Gasteiger partial charge in [0.15, 0.2) is 5.13 Å². The van der Waals surface area contributed by atoms with Gasteiger partial charge in [0, 0.05) is 4.88 Å². The van der Waals surface area contributed by atoms with Crippen molar-refractivity contribution < 1.29 is 44.3 Å². The Bertz CT molecular complexity index is 1340. The fraction of sp³-hybridized carbons (Fsp3) is 0.250. The Hall–Kier alpha value is -3.40. The molecule has 0 radical (unpaired) electrons. The molecule has 0 saturated heterocycles. The summed E-state index contributed by atoms with van der Waals surface area (Å²) < 4.78 is 105. The molecule has 3 aromatic rings. The minimum absolute atomic E-state index is 0.0978. The number of ether oxygens (including phenoxy) is 1. The highest BCUT2D eigenvalue weighted by Crippen LogP contribution is 2.35. The number of halogens is 6. The van der Waals surface area contributed by atoms with Gasteiger partial charge >= 0.3 is 12.5 Å². The van der Waals surface area contributed by atoms with E-state index in [9.17, 15) is 39.6 Å². The number of benzene rings is 1. The molecule has 0 unspecified atom stereocenters. The van der Waals surface area contributed by atoms with Gasteiger partial charge in [-0.3, -0.25) is 4.79 Å². The van der Waals surface area contributed by atoms with Crippen molar-refractivity contribution in [1.82, 2.24) is 14.7 Å². The van der Waals surface area contributed by atoms with E-state index in [0.717, 1.165) is 48.1 Å². The Balaban J connectivity index is 1.98. The Morgan fingerprint density at radius 2 is 1.72 bits per heavy atom. The lowest BCUT2D eigenvalue weighted by molar-refractivity contribution is -0.274. The molecular weight excluding hydrogens is 538 g/mol. The van der Waals surface area contributed by atoms with Crippen LogP contribution >= 0.6 is 11.3 Å². The first-order valence-electron chi connectivity index (χ1n) is 9.67. The van der Waals surface area contributed by atoms with Crippen molar-refractivity contribution in [3.05, 3.63) is 64.4 Å². The summed E-state index contributed by atoms with van der Waals surface area (Å²) >= 11 is 0.947. The topological polar surface area (TPSA) is 101 Å². The van der Waals surface area contributed by atoms with Crippen LogP contribution in [0.5, 0.6) is 5.75 Å². The lowest BCUT2D eigenvalue weighted by atomic mass is 10.2. The van der Waals surface area contributed by atoms with E-state index in [4.69, 9.17) is 0 Å². The SMILES string of the molecule is Cc1sc(N(Cc2ccc(OC(F)(F)F)cc2)c2ccc(C(F)(F)F)nc2)nc1C(=O)NS(C)(=O)=O. The number of rotatable bonds is 7. The first kappa shape index (κ1) is 27.2.